The standard InChI is InChI=1S/C12H23NS/c1-9-7-12(8-14-9)13-10(2)11-5-3-4-6-11/h9-13H,3-8H2,1-2H3/t9?,10-,12?/m0/s1. The lowest BCUT2D eigenvalue weighted by molar-refractivity contribution is 0.348. The zero-order valence-electron chi connectivity index (χ0n) is 9.46. The van der Waals surface area contributed by atoms with Crippen LogP contribution >= 0.6 is 11.8 Å². The highest BCUT2D eigenvalue weighted by Crippen LogP contribution is 2.30. The summed E-state index contributed by atoms with van der Waals surface area (Å²) in [6, 6.07) is 1.55. The number of nitrogens with one attached hydrogen (secondary N) is 1. The normalized spacial score (nSPS) is 36.4. The summed E-state index contributed by atoms with van der Waals surface area (Å²) in [6.07, 6.45) is 7.23. The Morgan fingerprint density at radius 3 is 2.57 bits per heavy atom. The fourth-order valence-electron chi connectivity index (χ4n) is 2.90. The van der Waals surface area contributed by atoms with Crippen LogP contribution in [0.2, 0.25) is 0 Å². The minimum Gasteiger partial charge on any atom is -0.310 e. The van der Waals surface area contributed by atoms with E-state index < -0.39 is 0 Å². The number of thioether (sulfide) groups is 1. The first-order chi connectivity index (χ1) is 6.75. The van der Waals surface area contributed by atoms with Gasteiger partial charge in [0.05, 0.1) is 0 Å². The van der Waals surface area contributed by atoms with E-state index in [4.69, 9.17) is 0 Å². The molecule has 0 aromatic carbocycles. The molecule has 0 spiro atoms. The molecule has 0 amide bonds. The third-order valence-electron chi connectivity index (χ3n) is 3.80. The highest BCUT2D eigenvalue weighted by atomic mass is 32.2. The molecule has 82 valence electrons. The lowest BCUT2D eigenvalue weighted by Gasteiger charge is -2.24. The lowest BCUT2D eigenvalue weighted by Crippen LogP contribution is -2.40. The van der Waals surface area contributed by atoms with E-state index in [0.717, 1.165) is 23.3 Å². The highest BCUT2D eigenvalue weighted by Gasteiger charge is 2.27. The molecular formula is C12H23NS. The van der Waals surface area contributed by atoms with Gasteiger partial charge in [-0.05, 0) is 32.1 Å². The third-order valence-corrected chi connectivity index (χ3v) is 5.16. The van der Waals surface area contributed by atoms with Gasteiger partial charge in [-0.25, -0.2) is 0 Å². The van der Waals surface area contributed by atoms with Crippen LogP contribution in [0, 0.1) is 5.92 Å². The van der Waals surface area contributed by atoms with Crippen LogP contribution in [0.4, 0.5) is 0 Å². The molecule has 1 saturated heterocycles. The summed E-state index contributed by atoms with van der Waals surface area (Å²) < 4.78 is 0. The van der Waals surface area contributed by atoms with Crippen molar-refractivity contribution in [2.45, 2.75) is 63.3 Å². The van der Waals surface area contributed by atoms with Crippen molar-refractivity contribution < 1.29 is 0 Å². The minimum absolute atomic E-state index is 0.758. The van der Waals surface area contributed by atoms with Crippen LogP contribution in [-0.2, 0) is 0 Å². The Hall–Kier alpha value is 0.310. The lowest BCUT2D eigenvalue weighted by atomic mass is 9.98. The van der Waals surface area contributed by atoms with Crippen LogP contribution in [-0.4, -0.2) is 23.1 Å². The largest absolute Gasteiger partial charge is 0.310 e. The van der Waals surface area contributed by atoms with E-state index in [1.165, 1.54) is 37.9 Å². The van der Waals surface area contributed by atoms with Crippen LogP contribution in [0.25, 0.3) is 0 Å². The Balaban J connectivity index is 1.73. The van der Waals surface area contributed by atoms with Gasteiger partial charge >= 0.3 is 0 Å². The molecule has 2 unspecified atom stereocenters. The van der Waals surface area contributed by atoms with Gasteiger partial charge in [0.25, 0.3) is 0 Å². The summed E-state index contributed by atoms with van der Waals surface area (Å²) >= 11 is 2.13. The summed E-state index contributed by atoms with van der Waals surface area (Å²) in [6.45, 7) is 4.75. The summed E-state index contributed by atoms with van der Waals surface area (Å²) in [7, 11) is 0. The maximum atomic E-state index is 3.83. The van der Waals surface area contributed by atoms with Crippen molar-refractivity contribution in [3.63, 3.8) is 0 Å². The number of hydrogen-bond acceptors (Lipinski definition) is 2. The Morgan fingerprint density at radius 1 is 1.29 bits per heavy atom. The number of hydrogen-bond donors (Lipinski definition) is 1. The van der Waals surface area contributed by atoms with Crippen LogP contribution in [0.1, 0.15) is 46.0 Å². The van der Waals surface area contributed by atoms with Gasteiger partial charge in [0.1, 0.15) is 0 Å². The molecular weight excluding hydrogens is 190 g/mol. The van der Waals surface area contributed by atoms with Gasteiger partial charge in [-0.2, -0.15) is 11.8 Å². The molecule has 3 atom stereocenters. The van der Waals surface area contributed by atoms with Crippen molar-refractivity contribution >= 4 is 11.8 Å². The van der Waals surface area contributed by atoms with E-state index in [-0.39, 0.29) is 0 Å². The fourth-order valence-corrected chi connectivity index (χ4v) is 4.06. The van der Waals surface area contributed by atoms with Gasteiger partial charge in [-0.3, -0.25) is 0 Å². The monoisotopic (exact) mass is 213 g/mol. The Morgan fingerprint density at radius 2 is 2.00 bits per heavy atom. The molecule has 2 heteroatoms. The smallest absolute Gasteiger partial charge is 0.0171 e. The topological polar surface area (TPSA) is 12.0 Å². The molecule has 1 nitrogen and oxygen atoms in total. The maximum absolute atomic E-state index is 3.83. The first-order valence-electron chi connectivity index (χ1n) is 6.13. The van der Waals surface area contributed by atoms with E-state index in [0.29, 0.717) is 0 Å². The predicted molar refractivity (Wildman–Crippen MR) is 64.9 cm³/mol. The summed E-state index contributed by atoms with van der Waals surface area (Å²) in [4.78, 5) is 0. The van der Waals surface area contributed by atoms with Crippen molar-refractivity contribution in [3.05, 3.63) is 0 Å². The SMILES string of the molecule is CC1CC(N[C@@H](C)C2CCCC2)CS1. The molecule has 0 aromatic heterocycles. The number of rotatable bonds is 3. The van der Waals surface area contributed by atoms with Gasteiger partial charge < -0.3 is 5.32 Å². The fraction of sp³-hybridized carbons (Fsp3) is 1.00. The molecule has 1 aliphatic carbocycles. The van der Waals surface area contributed by atoms with Crippen molar-refractivity contribution in [2.75, 3.05) is 5.75 Å². The first kappa shape index (κ1) is 10.8. The Bertz CT molecular complexity index is 177. The van der Waals surface area contributed by atoms with Crippen LogP contribution < -0.4 is 5.32 Å². The summed E-state index contributed by atoms with van der Waals surface area (Å²) in [5.74, 6) is 2.30. The van der Waals surface area contributed by atoms with Crippen LogP contribution in [0.3, 0.4) is 0 Å². The highest BCUT2D eigenvalue weighted by molar-refractivity contribution is 8.00. The van der Waals surface area contributed by atoms with E-state index >= 15 is 0 Å². The molecule has 1 aliphatic heterocycles. The quantitative estimate of drug-likeness (QED) is 0.773. The third kappa shape index (κ3) is 2.66. The zero-order valence-corrected chi connectivity index (χ0v) is 10.3. The molecule has 0 bridgehead atoms. The van der Waals surface area contributed by atoms with Crippen LogP contribution in [0.15, 0.2) is 0 Å². The minimum atomic E-state index is 0.758. The molecule has 2 rings (SSSR count). The van der Waals surface area contributed by atoms with Crippen molar-refractivity contribution in [1.29, 1.82) is 0 Å². The van der Waals surface area contributed by atoms with E-state index in [9.17, 15) is 0 Å². The van der Waals surface area contributed by atoms with E-state index in [1.807, 2.05) is 0 Å². The summed E-state index contributed by atoms with van der Waals surface area (Å²) in [5, 5.41) is 4.71. The average molecular weight is 213 g/mol. The molecule has 0 aromatic rings. The van der Waals surface area contributed by atoms with E-state index in [2.05, 4.69) is 30.9 Å². The molecule has 1 heterocycles. The molecule has 14 heavy (non-hydrogen) atoms. The molecule has 1 saturated carbocycles. The van der Waals surface area contributed by atoms with Gasteiger partial charge in [0.2, 0.25) is 0 Å². The maximum Gasteiger partial charge on any atom is 0.0171 e. The Kier molecular flexibility index (Phi) is 3.78. The summed E-state index contributed by atoms with van der Waals surface area (Å²) in [5.41, 5.74) is 0. The van der Waals surface area contributed by atoms with Crippen molar-refractivity contribution in [2.24, 2.45) is 5.92 Å². The average Bonchev–Trinajstić information content (AvgIpc) is 2.75. The molecule has 2 aliphatic rings. The second kappa shape index (κ2) is 4.89. The molecule has 1 N–H and O–H groups in total. The van der Waals surface area contributed by atoms with Crippen molar-refractivity contribution in [1.82, 2.24) is 5.32 Å². The Labute approximate surface area is 92.4 Å². The predicted octanol–water partition coefficient (Wildman–Crippen LogP) is 3.05. The zero-order chi connectivity index (χ0) is 9.97. The second-order valence-electron chi connectivity index (χ2n) is 5.08. The van der Waals surface area contributed by atoms with Crippen LogP contribution in [0.5, 0.6) is 0 Å². The second-order valence-corrected chi connectivity index (χ2v) is 6.55. The van der Waals surface area contributed by atoms with Gasteiger partial charge in [-0.15, -0.1) is 0 Å². The van der Waals surface area contributed by atoms with E-state index in [1.54, 1.807) is 0 Å². The molecule has 2 fully saturated rings. The van der Waals surface area contributed by atoms with Gasteiger partial charge in [-0.1, -0.05) is 19.8 Å². The first-order valence-corrected chi connectivity index (χ1v) is 7.18. The molecule has 0 radical (unpaired) electrons. The van der Waals surface area contributed by atoms with Gasteiger partial charge in [0, 0.05) is 23.1 Å². The van der Waals surface area contributed by atoms with Gasteiger partial charge in [0.15, 0.2) is 0 Å². The van der Waals surface area contributed by atoms with Crippen molar-refractivity contribution in [3.8, 4) is 0 Å².